The van der Waals surface area contributed by atoms with E-state index in [1.54, 1.807) is 6.92 Å². The van der Waals surface area contributed by atoms with Crippen LogP contribution in [0.4, 0.5) is 8.78 Å². The highest BCUT2D eigenvalue weighted by Gasteiger charge is 2.20. The van der Waals surface area contributed by atoms with Crippen LogP contribution in [-0.2, 0) is 16.0 Å². The number of pyridine rings is 1. The maximum Gasteiger partial charge on any atom is 0.311 e. The Hall–Kier alpha value is -1.04. The maximum atomic E-state index is 12.8. The summed E-state index contributed by atoms with van der Waals surface area (Å²) in [6.45, 7) is 1.55. The molecule has 1 aromatic rings. The lowest BCUT2D eigenvalue weighted by Gasteiger charge is -2.10. The van der Waals surface area contributed by atoms with E-state index in [4.69, 9.17) is 0 Å². The third kappa shape index (κ3) is 2.98. The maximum absolute atomic E-state index is 12.8. The predicted octanol–water partition coefficient (Wildman–Crippen LogP) is 2.81. The van der Waals surface area contributed by atoms with Crippen LogP contribution in [0.5, 0.6) is 0 Å². The molecule has 3 nitrogen and oxygen atoms in total. The minimum absolute atomic E-state index is 0.0497. The van der Waals surface area contributed by atoms with Gasteiger partial charge in [0.2, 0.25) is 0 Å². The van der Waals surface area contributed by atoms with Gasteiger partial charge in [0.1, 0.15) is 4.60 Å². The molecule has 0 N–H and O–H groups in total. The number of halogens is 3. The van der Waals surface area contributed by atoms with Crippen molar-refractivity contribution in [3.63, 3.8) is 0 Å². The van der Waals surface area contributed by atoms with E-state index in [-0.39, 0.29) is 17.7 Å². The molecule has 1 rings (SSSR count). The number of rotatable bonds is 3. The second kappa shape index (κ2) is 5.34. The number of methoxy groups -OCH3 is 1. The summed E-state index contributed by atoms with van der Waals surface area (Å²) in [5, 5.41) is 0. The van der Waals surface area contributed by atoms with Gasteiger partial charge < -0.3 is 4.74 Å². The van der Waals surface area contributed by atoms with Crippen molar-refractivity contribution in [1.82, 2.24) is 4.98 Å². The molecule has 1 heterocycles. The Kier molecular flexibility index (Phi) is 4.35. The molecule has 0 saturated carbocycles. The molecule has 0 amide bonds. The number of hydrogen-bond acceptors (Lipinski definition) is 3. The molecule has 6 heteroatoms. The average molecular weight is 294 g/mol. The molecule has 88 valence electrons. The van der Waals surface area contributed by atoms with Crippen LogP contribution in [0.1, 0.15) is 23.2 Å². The van der Waals surface area contributed by atoms with Crippen molar-refractivity contribution >= 4 is 21.9 Å². The Morgan fingerprint density at radius 3 is 2.75 bits per heavy atom. The number of carbonyl (C=O) groups is 1. The summed E-state index contributed by atoms with van der Waals surface area (Å²) < 4.78 is 30.4. The van der Waals surface area contributed by atoms with Crippen molar-refractivity contribution in [3.8, 4) is 0 Å². The summed E-state index contributed by atoms with van der Waals surface area (Å²) in [5.74, 6) is -0.591. The highest BCUT2D eigenvalue weighted by Crippen LogP contribution is 2.27. The molecule has 1 aromatic heterocycles. The number of hydrogen-bond donors (Lipinski definition) is 0. The van der Waals surface area contributed by atoms with Crippen LogP contribution in [0.25, 0.3) is 0 Å². The summed E-state index contributed by atoms with van der Waals surface area (Å²) in [6.07, 6.45) is -2.91. The van der Waals surface area contributed by atoms with Gasteiger partial charge in [-0.15, -0.1) is 0 Å². The third-order valence-corrected chi connectivity index (χ3v) is 2.48. The molecule has 0 radical (unpaired) electrons. The quantitative estimate of drug-likeness (QED) is 0.635. The first kappa shape index (κ1) is 13.0. The van der Waals surface area contributed by atoms with Gasteiger partial charge >= 0.3 is 5.97 Å². The molecule has 0 aliphatic carbocycles. The van der Waals surface area contributed by atoms with Gasteiger partial charge in [-0.3, -0.25) is 4.79 Å². The zero-order valence-electron chi connectivity index (χ0n) is 8.76. The molecular formula is C10H10BrF2NO2. The van der Waals surface area contributed by atoms with Gasteiger partial charge in [0.25, 0.3) is 6.43 Å². The average Bonchev–Trinajstić information content (AvgIpc) is 2.15. The van der Waals surface area contributed by atoms with Crippen molar-refractivity contribution in [2.24, 2.45) is 0 Å². The lowest BCUT2D eigenvalue weighted by molar-refractivity contribution is -0.139. The lowest BCUT2D eigenvalue weighted by Crippen LogP contribution is -2.10. The number of nitrogens with zero attached hydrogens (tertiary/aromatic N) is 1. The first-order valence-electron chi connectivity index (χ1n) is 4.46. The van der Waals surface area contributed by atoms with E-state index < -0.39 is 12.4 Å². The number of aryl methyl sites for hydroxylation is 1. The van der Waals surface area contributed by atoms with Gasteiger partial charge in [-0.2, -0.15) is 0 Å². The van der Waals surface area contributed by atoms with Crippen molar-refractivity contribution in [2.45, 2.75) is 19.8 Å². The summed E-state index contributed by atoms with van der Waals surface area (Å²) in [5.41, 5.74) is 0.248. The van der Waals surface area contributed by atoms with Gasteiger partial charge in [-0.25, -0.2) is 13.8 Å². The Morgan fingerprint density at radius 1 is 1.62 bits per heavy atom. The zero-order valence-corrected chi connectivity index (χ0v) is 10.3. The van der Waals surface area contributed by atoms with E-state index in [0.717, 1.165) is 0 Å². The van der Waals surface area contributed by atoms with Crippen LogP contribution in [-0.4, -0.2) is 18.1 Å². The summed E-state index contributed by atoms with van der Waals surface area (Å²) in [6, 6.07) is 1.49. The third-order valence-electron chi connectivity index (χ3n) is 2.07. The Bertz CT molecular complexity index is 410. The van der Waals surface area contributed by atoms with Crippen LogP contribution in [0.15, 0.2) is 10.7 Å². The number of aromatic nitrogens is 1. The van der Waals surface area contributed by atoms with Crippen LogP contribution >= 0.6 is 15.9 Å². The molecule has 0 aromatic carbocycles. The largest absolute Gasteiger partial charge is 0.469 e. The fourth-order valence-corrected chi connectivity index (χ4v) is 1.90. The van der Waals surface area contributed by atoms with E-state index in [0.29, 0.717) is 10.2 Å². The Morgan fingerprint density at radius 2 is 2.25 bits per heavy atom. The van der Waals surface area contributed by atoms with Gasteiger partial charge in [0.05, 0.1) is 19.2 Å². The van der Waals surface area contributed by atoms with Gasteiger partial charge in [-0.1, -0.05) is 0 Å². The lowest BCUT2D eigenvalue weighted by atomic mass is 10.1. The van der Waals surface area contributed by atoms with Crippen LogP contribution in [0.2, 0.25) is 0 Å². The predicted molar refractivity (Wildman–Crippen MR) is 57.4 cm³/mol. The number of ether oxygens (including phenoxy) is 1. The SMILES string of the molecule is COC(=O)Cc1nc(Br)cc(C)c1C(F)F. The summed E-state index contributed by atoms with van der Waals surface area (Å²) in [7, 11) is 1.20. The second-order valence-electron chi connectivity index (χ2n) is 3.18. The topological polar surface area (TPSA) is 39.2 Å². The van der Waals surface area contributed by atoms with E-state index in [9.17, 15) is 13.6 Å². The Labute approximate surface area is 99.9 Å². The molecule has 16 heavy (non-hydrogen) atoms. The van der Waals surface area contributed by atoms with Crippen molar-refractivity contribution in [3.05, 3.63) is 27.5 Å². The smallest absolute Gasteiger partial charge is 0.311 e. The molecule has 0 fully saturated rings. The minimum atomic E-state index is -2.65. The van der Waals surface area contributed by atoms with Gasteiger partial charge in [0, 0.05) is 5.56 Å². The first-order chi connectivity index (χ1) is 7.45. The molecule has 0 atom stereocenters. The molecule has 0 saturated heterocycles. The molecule has 0 spiro atoms. The van der Waals surface area contributed by atoms with E-state index in [2.05, 4.69) is 25.7 Å². The van der Waals surface area contributed by atoms with Crippen LogP contribution in [0.3, 0.4) is 0 Å². The number of alkyl halides is 2. The standard InChI is InChI=1S/C10H10BrF2NO2/c1-5-3-7(11)14-6(4-8(15)16-2)9(5)10(12)13/h3,10H,4H2,1-2H3. The zero-order chi connectivity index (χ0) is 12.3. The molecule has 0 aliphatic heterocycles. The first-order valence-corrected chi connectivity index (χ1v) is 5.26. The fraction of sp³-hybridized carbons (Fsp3) is 0.400. The molecule has 0 aliphatic rings. The van der Waals surface area contributed by atoms with E-state index >= 15 is 0 Å². The van der Waals surface area contributed by atoms with E-state index in [1.807, 2.05) is 0 Å². The molecule has 0 unspecified atom stereocenters. The minimum Gasteiger partial charge on any atom is -0.469 e. The van der Waals surface area contributed by atoms with Gasteiger partial charge in [0.15, 0.2) is 0 Å². The molecule has 0 bridgehead atoms. The van der Waals surface area contributed by atoms with Crippen molar-refractivity contribution in [2.75, 3.05) is 7.11 Å². The van der Waals surface area contributed by atoms with Crippen LogP contribution in [0, 0.1) is 6.92 Å². The highest BCUT2D eigenvalue weighted by atomic mass is 79.9. The summed E-state index contributed by atoms with van der Waals surface area (Å²) in [4.78, 5) is 14.9. The van der Waals surface area contributed by atoms with Gasteiger partial charge in [-0.05, 0) is 34.5 Å². The molecular weight excluding hydrogens is 284 g/mol. The summed E-state index contributed by atoms with van der Waals surface area (Å²) >= 11 is 3.10. The number of esters is 1. The van der Waals surface area contributed by atoms with Crippen LogP contribution < -0.4 is 0 Å². The second-order valence-corrected chi connectivity index (χ2v) is 3.99. The monoisotopic (exact) mass is 293 g/mol. The fourth-order valence-electron chi connectivity index (χ4n) is 1.35. The normalized spacial score (nSPS) is 10.6. The van der Waals surface area contributed by atoms with E-state index in [1.165, 1.54) is 13.2 Å². The van der Waals surface area contributed by atoms with Crippen molar-refractivity contribution in [1.29, 1.82) is 0 Å². The number of carbonyl (C=O) groups excluding carboxylic acids is 1. The van der Waals surface area contributed by atoms with Crippen molar-refractivity contribution < 1.29 is 18.3 Å². The highest BCUT2D eigenvalue weighted by molar-refractivity contribution is 9.10. The Balaban J connectivity index is 3.18.